The van der Waals surface area contributed by atoms with Crippen LogP contribution in [0.3, 0.4) is 0 Å². The summed E-state index contributed by atoms with van der Waals surface area (Å²) in [5.74, 6) is 1.17. The molecule has 2 N–H and O–H groups in total. The zero-order valence-corrected chi connectivity index (χ0v) is 18.7. The van der Waals surface area contributed by atoms with Crippen molar-refractivity contribution in [1.29, 1.82) is 0 Å². The summed E-state index contributed by atoms with van der Waals surface area (Å²) in [5, 5.41) is 11.0. The summed E-state index contributed by atoms with van der Waals surface area (Å²) in [4.78, 5) is 4.35. The van der Waals surface area contributed by atoms with Gasteiger partial charge in [-0.3, -0.25) is 9.67 Å². The molecule has 1 atom stereocenters. The number of hydrogen-bond acceptors (Lipinski definition) is 2. The van der Waals surface area contributed by atoms with Crippen molar-refractivity contribution in [2.75, 3.05) is 13.6 Å². The molecule has 1 heterocycles. The fraction of sp³-hybridized carbons (Fsp3) is 0.273. The first kappa shape index (κ1) is 21.9. The number of nitrogens with one attached hydrogen (secondary N) is 2. The molecule has 0 bridgehead atoms. The Morgan fingerprint density at radius 1 is 1.00 bits per heavy atom. The van der Waals surface area contributed by atoms with E-state index in [9.17, 15) is 0 Å². The number of rotatable bonds is 7. The summed E-state index contributed by atoms with van der Waals surface area (Å²) in [7, 11) is 3.72. The molecule has 148 valence electrons. The summed E-state index contributed by atoms with van der Waals surface area (Å²) < 4.78 is 1.80. The van der Waals surface area contributed by atoms with Gasteiger partial charge in [-0.15, -0.1) is 24.0 Å². The largest absolute Gasteiger partial charge is 0.356 e. The average molecular weight is 489 g/mol. The van der Waals surface area contributed by atoms with Crippen molar-refractivity contribution in [2.24, 2.45) is 12.0 Å². The van der Waals surface area contributed by atoms with Crippen molar-refractivity contribution in [3.63, 3.8) is 0 Å². The average Bonchev–Trinajstić information content (AvgIpc) is 3.13. The van der Waals surface area contributed by atoms with Gasteiger partial charge in [0.1, 0.15) is 0 Å². The SMILES string of the molecule is CN=C(NCc1cnn(C)c1)NCC(Cc1ccccc1)c1ccccc1.I. The van der Waals surface area contributed by atoms with Crippen molar-refractivity contribution >= 4 is 29.9 Å². The molecule has 2 aromatic carbocycles. The lowest BCUT2D eigenvalue weighted by Gasteiger charge is -2.20. The highest BCUT2D eigenvalue weighted by Crippen LogP contribution is 2.20. The second kappa shape index (κ2) is 11.5. The lowest BCUT2D eigenvalue weighted by atomic mass is 9.92. The quantitative estimate of drug-likeness (QED) is 0.302. The second-order valence-electron chi connectivity index (χ2n) is 6.63. The molecular weight excluding hydrogens is 461 g/mol. The molecule has 0 fully saturated rings. The molecule has 3 rings (SSSR count). The normalized spacial score (nSPS) is 12.1. The lowest BCUT2D eigenvalue weighted by molar-refractivity contribution is 0.644. The highest BCUT2D eigenvalue weighted by atomic mass is 127. The van der Waals surface area contributed by atoms with E-state index in [1.807, 2.05) is 19.4 Å². The molecule has 5 nitrogen and oxygen atoms in total. The van der Waals surface area contributed by atoms with Gasteiger partial charge in [-0.05, 0) is 17.5 Å². The van der Waals surface area contributed by atoms with E-state index < -0.39 is 0 Å². The molecule has 0 aliphatic rings. The first-order valence-corrected chi connectivity index (χ1v) is 9.25. The zero-order valence-electron chi connectivity index (χ0n) is 16.4. The number of aryl methyl sites for hydroxylation is 1. The molecule has 1 aromatic heterocycles. The Morgan fingerprint density at radius 2 is 1.68 bits per heavy atom. The minimum absolute atomic E-state index is 0. The summed E-state index contributed by atoms with van der Waals surface area (Å²) in [6.45, 7) is 1.51. The fourth-order valence-electron chi connectivity index (χ4n) is 3.12. The van der Waals surface area contributed by atoms with E-state index in [4.69, 9.17) is 0 Å². The second-order valence-corrected chi connectivity index (χ2v) is 6.63. The van der Waals surface area contributed by atoms with E-state index >= 15 is 0 Å². The van der Waals surface area contributed by atoms with Crippen LogP contribution in [0.5, 0.6) is 0 Å². The van der Waals surface area contributed by atoms with Crippen LogP contribution in [0.1, 0.15) is 22.6 Å². The maximum Gasteiger partial charge on any atom is 0.191 e. The van der Waals surface area contributed by atoms with Crippen molar-refractivity contribution < 1.29 is 0 Å². The van der Waals surface area contributed by atoms with Crippen LogP contribution in [0, 0.1) is 0 Å². The van der Waals surface area contributed by atoms with Gasteiger partial charge < -0.3 is 10.6 Å². The van der Waals surface area contributed by atoms with Gasteiger partial charge in [-0.25, -0.2) is 0 Å². The maximum absolute atomic E-state index is 4.35. The van der Waals surface area contributed by atoms with Crippen LogP contribution < -0.4 is 10.6 Å². The Bertz CT molecular complexity index is 846. The molecule has 0 saturated carbocycles. The first-order chi connectivity index (χ1) is 13.2. The zero-order chi connectivity index (χ0) is 18.9. The third-order valence-electron chi connectivity index (χ3n) is 4.55. The summed E-state index contributed by atoms with van der Waals surface area (Å²) >= 11 is 0. The predicted molar refractivity (Wildman–Crippen MR) is 126 cm³/mol. The Morgan fingerprint density at radius 3 is 2.29 bits per heavy atom. The molecule has 3 aromatic rings. The van der Waals surface area contributed by atoms with Crippen LogP contribution in [0.25, 0.3) is 0 Å². The lowest BCUT2D eigenvalue weighted by Crippen LogP contribution is -2.39. The molecule has 0 radical (unpaired) electrons. The molecular formula is C22H28IN5. The fourth-order valence-corrected chi connectivity index (χ4v) is 3.12. The van der Waals surface area contributed by atoms with Crippen molar-refractivity contribution in [1.82, 2.24) is 20.4 Å². The summed E-state index contributed by atoms with van der Waals surface area (Å²) in [6, 6.07) is 21.3. The van der Waals surface area contributed by atoms with Gasteiger partial charge in [-0.1, -0.05) is 60.7 Å². The van der Waals surface area contributed by atoms with E-state index in [0.29, 0.717) is 12.5 Å². The van der Waals surface area contributed by atoms with Crippen LogP contribution >= 0.6 is 24.0 Å². The maximum atomic E-state index is 4.35. The van der Waals surface area contributed by atoms with E-state index in [-0.39, 0.29) is 24.0 Å². The Hall–Kier alpha value is -2.35. The smallest absolute Gasteiger partial charge is 0.191 e. The van der Waals surface area contributed by atoms with Gasteiger partial charge in [0.2, 0.25) is 0 Å². The van der Waals surface area contributed by atoms with Crippen molar-refractivity contribution in [3.05, 3.63) is 89.7 Å². The van der Waals surface area contributed by atoms with Gasteiger partial charge in [0.05, 0.1) is 6.20 Å². The van der Waals surface area contributed by atoms with Gasteiger partial charge >= 0.3 is 0 Å². The summed E-state index contributed by atoms with van der Waals surface area (Å²) in [5.41, 5.74) is 3.80. The molecule has 28 heavy (non-hydrogen) atoms. The Kier molecular flexibility index (Phi) is 9.00. The van der Waals surface area contributed by atoms with Crippen molar-refractivity contribution in [2.45, 2.75) is 18.9 Å². The monoisotopic (exact) mass is 489 g/mol. The van der Waals surface area contributed by atoms with Gasteiger partial charge in [-0.2, -0.15) is 5.10 Å². The minimum Gasteiger partial charge on any atom is -0.356 e. The van der Waals surface area contributed by atoms with Crippen LogP contribution in [0.2, 0.25) is 0 Å². The Balaban J connectivity index is 0.00000280. The number of benzene rings is 2. The van der Waals surface area contributed by atoms with Crippen LogP contribution in [0.15, 0.2) is 78.0 Å². The van der Waals surface area contributed by atoms with Gasteiger partial charge in [0.25, 0.3) is 0 Å². The van der Waals surface area contributed by atoms with E-state index in [1.54, 1.807) is 11.7 Å². The third-order valence-corrected chi connectivity index (χ3v) is 4.55. The molecule has 0 aliphatic heterocycles. The van der Waals surface area contributed by atoms with Crippen LogP contribution in [0.4, 0.5) is 0 Å². The highest BCUT2D eigenvalue weighted by Gasteiger charge is 2.13. The number of halogens is 1. The van der Waals surface area contributed by atoms with Crippen molar-refractivity contribution in [3.8, 4) is 0 Å². The number of aromatic nitrogens is 2. The first-order valence-electron chi connectivity index (χ1n) is 9.25. The standard InChI is InChI=1S/C22H27N5.HI/c1-23-22(24-14-19-15-26-27(2)17-19)25-16-21(20-11-7-4-8-12-20)13-18-9-5-3-6-10-18;/h3-12,15,17,21H,13-14,16H2,1-2H3,(H2,23,24,25);1H. The molecule has 0 amide bonds. The van der Waals surface area contributed by atoms with Crippen LogP contribution in [-0.2, 0) is 20.0 Å². The summed E-state index contributed by atoms with van der Waals surface area (Å²) in [6.07, 6.45) is 4.85. The number of aliphatic imine (C=N–C) groups is 1. The predicted octanol–water partition coefficient (Wildman–Crippen LogP) is 3.73. The van der Waals surface area contributed by atoms with Gasteiger partial charge in [0, 0.05) is 44.9 Å². The topological polar surface area (TPSA) is 54.2 Å². The minimum atomic E-state index is 0. The van der Waals surface area contributed by atoms with E-state index in [0.717, 1.165) is 24.5 Å². The Labute approximate surface area is 184 Å². The molecule has 0 spiro atoms. The molecule has 0 saturated heterocycles. The third kappa shape index (κ3) is 6.67. The number of guanidine groups is 1. The number of nitrogens with zero attached hydrogens (tertiary/aromatic N) is 3. The number of hydrogen-bond donors (Lipinski definition) is 2. The molecule has 1 unspecified atom stereocenters. The van der Waals surface area contributed by atoms with Crippen LogP contribution in [-0.4, -0.2) is 29.3 Å². The van der Waals surface area contributed by atoms with E-state index in [2.05, 4.69) is 81.4 Å². The molecule has 0 aliphatic carbocycles. The highest BCUT2D eigenvalue weighted by molar-refractivity contribution is 14.0. The molecule has 6 heteroatoms. The van der Waals surface area contributed by atoms with Gasteiger partial charge in [0.15, 0.2) is 5.96 Å². The van der Waals surface area contributed by atoms with E-state index in [1.165, 1.54) is 11.1 Å².